The van der Waals surface area contributed by atoms with Gasteiger partial charge in [-0.25, -0.2) is 4.98 Å². The van der Waals surface area contributed by atoms with Gasteiger partial charge in [-0.05, 0) is 31.2 Å². The molecule has 4 aromatic rings. The Bertz CT molecular complexity index is 1440. The fourth-order valence-electron chi connectivity index (χ4n) is 4.02. The number of carbonyl (C=O) groups is 3. The van der Waals surface area contributed by atoms with E-state index < -0.39 is 0 Å². The fourth-order valence-corrected chi connectivity index (χ4v) is 4.02. The lowest BCUT2D eigenvalue weighted by atomic mass is 10.0. The molecular weight excluding hydrogens is 406 g/mol. The molecule has 0 fully saturated rings. The SMILES string of the molecule is Cc1nn(C)c2nc(-c3ccccc3)cc(C(=O)Nc3ccc4c(c3)C(=O)N(C)C4=O)c12. The van der Waals surface area contributed by atoms with Gasteiger partial charge in [0.05, 0.1) is 33.5 Å². The van der Waals surface area contributed by atoms with E-state index in [9.17, 15) is 14.4 Å². The van der Waals surface area contributed by atoms with Crippen LogP contribution < -0.4 is 5.32 Å². The molecule has 3 amide bonds. The van der Waals surface area contributed by atoms with Gasteiger partial charge in [-0.15, -0.1) is 0 Å². The molecule has 0 spiro atoms. The van der Waals surface area contributed by atoms with Crippen molar-refractivity contribution >= 4 is 34.4 Å². The van der Waals surface area contributed by atoms with E-state index in [4.69, 9.17) is 4.98 Å². The number of fused-ring (bicyclic) bond motifs is 2. The van der Waals surface area contributed by atoms with Crippen LogP contribution in [0.4, 0.5) is 5.69 Å². The largest absolute Gasteiger partial charge is 0.322 e. The highest BCUT2D eigenvalue weighted by Gasteiger charge is 2.33. The molecule has 0 saturated carbocycles. The molecule has 3 heterocycles. The number of benzene rings is 2. The minimum Gasteiger partial charge on any atom is -0.322 e. The van der Waals surface area contributed by atoms with E-state index >= 15 is 0 Å². The molecule has 32 heavy (non-hydrogen) atoms. The Hall–Kier alpha value is -4.33. The zero-order chi connectivity index (χ0) is 22.6. The Kier molecular flexibility index (Phi) is 4.37. The van der Waals surface area contributed by atoms with Gasteiger partial charge >= 0.3 is 0 Å². The highest BCUT2D eigenvalue weighted by atomic mass is 16.2. The maximum Gasteiger partial charge on any atom is 0.261 e. The first kappa shape index (κ1) is 19.6. The molecule has 2 aromatic heterocycles. The van der Waals surface area contributed by atoms with Crippen LogP contribution in [-0.2, 0) is 7.05 Å². The summed E-state index contributed by atoms with van der Waals surface area (Å²) in [4.78, 5) is 43.6. The number of pyridine rings is 1. The number of hydrogen-bond donors (Lipinski definition) is 1. The van der Waals surface area contributed by atoms with E-state index in [0.717, 1.165) is 10.5 Å². The summed E-state index contributed by atoms with van der Waals surface area (Å²) < 4.78 is 1.66. The average molecular weight is 425 g/mol. The highest BCUT2D eigenvalue weighted by molar-refractivity contribution is 6.22. The number of amides is 3. The number of anilines is 1. The summed E-state index contributed by atoms with van der Waals surface area (Å²) in [5.74, 6) is -1.09. The summed E-state index contributed by atoms with van der Waals surface area (Å²) in [5.41, 5.74) is 4.29. The van der Waals surface area contributed by atoms with Crippen molar-refractivity contribution in [3.05, 3.63) is 77.0 Å². The van der Waals surface area contributed by atoms with Crippen molar-refractivity contribution < 1.29 is 14.4 Å². The number of aromatic nitrogens is 3. The minimum atomic E-state index is -0.387. The number of hydrogen-bond acceptors (Lipinski definition) is 5. The maximum absolute atomic E-state index is 13.3. The molecule has 0 atom stereocenters. The molecule has 8 heteroatoms. The van der Waals surface area contributed by atoms with Gasteiger partial charge in [0.25, 0.3) is 17.7 Å². The first-order valence-electron chi connectivity index (χ1n) is 10.0. The Balaban J connectivity index is 1.58. The zero-order valence-electron chi connectivity index (χ0n) is 17.7. The number of aryl methyl sites for hydroxylation is 2. The van der Waals surface area contributed by atoms with Crippen molar-refractivity contribution in [1.82, 2.24) is 19.7 Å². The van der Waals surface area contributed by atoms with Crippen molar-refractivity contribution in [2.75, 3.05) is 12.4 Å². The quantitative estimate of drug-likeness (QED) is 0.507. The van der Waals surface area contributed by atoms with Gasteiger partial charge in [0.2, 0.25) is 0 Å². The van der Waals surface area contributed by atoms with Crippen LogP contribution in [0, 0.1) is 6.92 Å². The smallest absolute Gasteiger partial charge is 0.261 e. The van der Waals surface area contributed by atoms with Crippen LogP contribution in [0.2, 0.25) is 0 Å². The summed E-state index contributed by atoms with van der Waals surface area (Å²) in [5, 5.41) is 7.96. The van der Waals surface area contributed by atoms with Crippen molar-refractivity contribution in [2.45, 2.75) is 6.92 Å². The van der Waals surface area contributed by atoms with Crippen molar-refractivity contribution in [1.29, 1.82) is 0 Å². The number of rotatable bonds is 3. The van der Waals surface area contributed by atoms with Crippen LogP contribution in [0.5, 0.6) is 0 Å². The van der Waals surface area contributed by atoms with Crippen molar-refractivity contribution in [2.24, 2.45) is 7.05 Å². The van der Waals surface area contributed by atoms with E-state index in [1.54, 1.807) is 29.9 Å². The first-order valence-corrected chi connectivity index (χ1v) is 10.0. The lowest BCUT2D eigenvalue weighted by molar-refractivity contribution is 0.0692. The number of nitrogens with zero attached hydrogens (tertiary/aromatic N) is 4. The van der Waals surface area contributed by atoms with Crippen LogP contribution in [0.1, 0.15) is 36.8 Å². The maximum atomic E-state index is 13.3. The molecule has 0 saturated heterocycles. The third kappa shape index (κ3) is 2.96. The molecule has 0 aliphatic carbocycles. The summed E-state index contributed by atoms with van der Waals surface area (Å²) >= 11 is 0. The number of carbonyl (C=O) groups excluding carboxylic acids is 3. The molecule has 5 rings (SSSR count). The molecule has 8 nitrogen and oxygen atoms in total. The Morgan fingerprint density at radius 3 is 2.41 bits per heavy atom. The van der Waals surface area contributed by atoms with E-state index in [-0.39, 0.29) is 23.3 Å². The first-order chi connectivity index (χ1) is 15.3. The topological polar surface area (TPSA) is 97.2 Å². The second-order valence-electron chi connectivity index (χ2n) is 7.71. The van der Waals surface area contributed by atoms with Gasteiger partial charge in [-0.1, -0.05) is 30.3 Å². The lowest BCUT2D eigenvalue weighted by Gasteiger charge is -2.10. The standard InChI is InChI=1S/C24H19N5O3/c1-13-20-18(12-19(14-7-5-4-6-8-14)26-21(20)29(3)27-13)22(30)25-15-9-10-16-17(11-15)24(32)28(2)23(16)31/h4-12H,1-3H3,(H,25,30). The van der Waals surface area contributed by atoms with Crippen LogP contribution in [-0.4, -0.2) is 44.4 Å². The number of imide groups is 1. The summed E-state index contributed by atoms with van der Waals surface area (Å²) in [6.07, 6.45) is 0. The highest BCUT2D eigenvalue weighted by Crippen LogP contribution is 2.29. The van der Waals surface area contributed by atoms with Crippen molar-refractivity contribution in [3.63, 3.8) is 0 Å². The van der Waals surface area contributed by atoms with Crippen LogP contribution in [0.25, 0.3) is 22.3 Å². The van der Waals surface area contributed by atoms with E-state index in [2.05, 4.69) is 10.4 Å². The average Bonchev–Trinajstić information content (AvgIpc) is 3.21. The van der Waals surface area contributed by atoms with Gasteiger partial charge in [-0.2, -0.15) is 5.10 Å². The van der Waals surface area contributed by atoms with Gasteiger partial charge < -0.3 is 5.32 Å². The van der Waals surface area contributed by atoms with E-state index in [1.165, 1.54) is 13.1 Å². The summed E-state index contributed by atoms with van der Waals surface area (Å²) in [6.45, 7) is 1.83. The molecule has 2 aromatic carbocycles. The predicted octanol–water partition coefficient (Wildman–Crippen LogP) is 3.42. The number of nitrogens with one attached hydrogen (secondary N) is 1. The summed E-state index contributed by atoms with van der Waals surface area (Å²) in [6, 6.07) is 16.1. The molecule has 0 radical (unpaired) electrons. The van der Waals surface area contributed by atoms with Crippen LogP contribution in [0.15, 0.2) is 54.6 Å². The molecule has 0 unspecified atom stereocenters. The fraction of sp³-hybridized carbons (Fsp3) is 0.125. The Morgan fingerprint density at radius 1 is 0.938 bits per heavy atom. The normalized spacial score (nSPS) is 13.0. The monoisotopic (exact) mass is 425 g/mol. The van der Waals surface area contributed by atoms with Gasteiger partial charge in [0.15, 0.2) is 5.65 Å². The molecule has 158 valence electrons. The van der Waals surface area contributed by atoms with Gasteiger partial charge in [0.1, 0.15) is 0 Å². The Morgan fingerprint density at radius 2 is 1.66 bits per heavy atom. The lowest BCUT2D eigenvalue weighted by Crippen LogP contribution is -2.24. The second-order valence-corrected chi connectivity index (χ2v) is 7.71. The molecule has 1 aliphatic rings. The molecular formula is C24H19N5O3. The van der Waals surface area contributed by atoms with Gasteiger partial charge in [-0.3, -0.25) is 24.0 Å². The van der Waals surface area contributed by atoms with E-state index in [1.807, 2.05) is 37.3 Å². The third-order valence-electron chi connectivity index (χ3n) is 5.63. The zero-order valence-corrected chi connectivity index (χ0v) is 17.7. The van der Waals surface area contributed by atoms with Crippen LogP contribution >= 0.6 is 0 Å². The third-order valence-corrected chi connectivity index (χ3v) is 5.63. The molecule has 1 aliphatic heterocycles. The molecule has 0 bridgehead atoms. The second kappa shape index (κ2) is 7.12. The predicted molar refractivity (Wildman–Crippen MR) is 120 cm³/mol. The van der Waals surface area contributed by atoms with Gasteiger partial charge in [0, 0.05) is 25.3 Å². The van der Waals surface area contributed by atoms with Crippen LogP contribution in [0.3, 0.4) is 0 Å². The summed E-state index contributed by atoms with van der Waals surface area (Å²) in [7, 11) is 3.23. The Labute approximate surface area is 183 Å². The van der Waals surface area contributed by atoms with E-state index in [0.29, 0.717) is 39.2 Å². The molecule has 1 N–H and O–H groups in total. The van der Waals surface area contributed by atoms with Crippen molar-refractivity contribution in [3.8, 4) is 11.3 Å². The minimum absolute atomic E-state index is 0.276.